The Morgan fingerprint density at radius 2 is 1.82 bits per heavy atom. The topological polar surface area (TPSA) is 101 Å². The summed E-state index contributed by atoms with van der Waals surface area (Å²) in [5.41, 5.74) is 6.56. The van der Waals surface area contributed by atoms with Gasteiger partial charge in [-0.15, -0.1) is 0 Å². The Hall–Kier alpha value is -1.60. The predicted octanol–water partition coefficient (Wildman–Crippen LogP) is -0.452. The molecule has 0 saturated heterocycles. The molecule has 94 valence electrons. The largest absolute Gasteiger partial charge is 0.399 e. The number of hydrogen-bond acceptors (Lipinski definition) is 4. The third-order valence-corrected chi connectivity index (χ3v) is 2.68. The van der Waals surface area contributed by atoms with Gasteiger partial charge in [0.1, 0.15) is 0 Å². The van der Waals surface area contributed by atoms with Gasteiger partial charge in [0.25, 0.3) is 5.91 Å². The van der Waals surface area contributed by atoms with Crippen molar-refractivity contribution in [2.45, 2.75) is 0 Å². The first-order valence-corrected chi connectivity index (χ1v) is 6.86. The molecule has 17 heavy (non-hydrogen) atoms. The summed E-state index contributed by atoms with van der Waals surface area (Å²) in [6, 6.07) is 6.47. The van der Waals surface area contributed by atoms with Crippen LogP contribution in [0.3, 0.4) is 0 Å². The number of anilines is 1. The number of hydrogen-bond donors (Lipinski definition) is 3. The molecule has 4 N–H and O–H groups in total. The minimum Gasteiger partial charge on any atom is -0.399 e. The van der Waals surface area contributed by atoms with E-state index in [0.717, 1.165) is 6.26 Å². The maximum atomic E-state index is 11.6. The summed E-state index contributed by atoms with van der Waals surface area (Å²) in [4.78, 5) is 11.6. The highest BCUT2D eigenvalue weighted by molar-refractivity contribution is 7.88. The van der Waals surface area contributed by atoms with E-state index < -0.39 is 10.0 Å². The van der Waals surface area contributed by atoms with E-state index in [1.165, 1.54) is 0 Å². The summed E-state index contributed by atoms with van der Waals surface area (Å²) in [6.45, 7) is 0.399. The summed E-state index contributed by atoms with van der Waals surface area (Å²) < 4.78 is 23.8. The van der Waals surface area contributed by atoms with Crippen LogP contribution in [0.2, 0.25) is 0 Å². The molecular formula is C10H15N3O3S. The normalized spacial score (nSPS) is 11.1. The molecular weight excluding hydrogens is 242 g/mol. The molecule has 0 atom stereocenters. The van der Waals surface area contributed by atoms with Gasteiger partial charge in [-0.25, -0.2) is 13.1 Å². The minimum atomic E-state index is -3.21. The molecule has 0 radical (unpaired) electrons. The van der Waals surface area contributed by atoms with Gasteiger partial charge in [-0.3, -0.25) is 4.79 Å². The second-order valence-corrected chi connectivity index (χ2v) is 5.38. The van der Waals surface area contributed by atoms with Crippen LogP contribution in [0.25, 0.3) is 0 Å². The summed E-state index contributed by atoms with van der Waals surface area (Å²) in [5.74, 6) is -0.264. The quantitative estimate of drug-likeness (QED) is 0.491. The van der Waals surface area contributed by atoms with Crippen LogP contribution in [0.15, 0.2) is 24.3 Å². The van der Waals surface area contributed by atoms with E-state index >= 15 is 0 Å². The fraction of sp³-hybridized carbons (Fsp3) is 0.300. The number of nitrogen functional groups attached to an aromatic ring is 1. The molecule has 0 bridgehead atoms. The molecule has 0 heterocycles. The Morgan fingerprint density at radius 1 is 1.24 bits per heavy atom. The van der Waals surface area contributed by atoms with Gasteiger partial charge in [0.2, 0.25) is 10.0 Å². The van der Waals surface area contributed by atoms with Crippen molar-refractivity contribution >= 4 is 21.6 Å². The predicted molar refractivity (Wildman–Crippen MR) is 66.0 cm³/mol. The smallest absolute Gasteiger partial charge is 0.251 e. The van der Waals surface area contributed by atoms with Gasteiger partial charge in [0, 0.05) is 24.3 Å². The van der Waals surface area contributed by atoms with E-state index in [9.17, 15) is 13.2 Å². The van der Waals surface area contributed by atoms with Crippen LogP contribution in [0.5, 0.6) is 0 Å². The van der Waals surface area contributed by atoms with E-state index in [2.05, 4.69) is 10.0 Å². The molecule has 1 aromatic rings. The van der Waals surface area contributed by atoms with E-state index in [1.807, 2.05) is 0 Å². The van der Waals surface area contributed by atoms with Crippen LogP contribution in [0.1, 0.15) is 10.4 Å². The number of sulfonamides is 1. The van der Waals surface area contributed by atoms with Gasteiger partial charge in [-0.05, 0) is 24.3 Å². The van der Waals surface area contributed by atoms with E-state index in [-0.39, 0.29) is 19.0 Å². The maximum absolute atomic E-state index is 11.6. The molecule has 0 aliphatic carbocycles. The van der Waals surface area contributed by atoms with Crippen molar-refractivity contribution in [1.82, 2.24) is 10.0 Å². The molecule has 1 amide bonds. The van der Waals surface area contributed by atoms with Crippen LogP contribution in [0, 0.1) is 0 Å². The first kappa shape index (κ1) is 13.5. The van der Waals surface area contributed by atoms with Gasteiger partial charge in [0.05, 0.1) is 6.26 Å². The van der Waals surface area contributed by atoms with Gasteiger partial charge in [0.15, 0.2) is 0 Å². The lowest BCUT2D eigenvalue weighted by atomic mass is 10.2. The fourth-order valence-corrected chi connectivity index (χ4v) is 1.62. The second kappa shape index (κ2) is 5.65. The molecule has 0 fully saturated rings. The first-order valence-electron chi connectivity index (χ1n) is 4.97. The van der Waals surface area contributed by atoms with Gasteiger partial charge in [-0.2, -0.15) is 0 Å². The number of nitrogens with two attached hydrogens (primary N) is 1. The Bertz CT molecular complexity index is 482. The zero-order valence-corrected chi connectivity index (χ0v) is 10.3. The minimum absolute atomic E-state index is 0.166. The van der Waals surface area contributed by atoms with Crippen LogP contribution < -0.4 is 15.8 Å². The molecule has 0 aliphatic heterocycles. The van der Waals surface area contributed by atoms with Crippen molar-refractivity contribution in [3.8, 4) is 0 Å². The van der Waals surface area contributed by atoms with E-state index in [1.54, 1.807) is 24.3 Å². The average molecular weight is 257 g/mol. The highest BCUT2D eigenvalue weighted by Crippen LogP contribution is 2.04. The summed E-state index contributed by atoms with van der Waals surface area (Å²) in [5, 5.41) is 2.58. The van der Waals surface area contributed by atoms with Crippen molar-refractivity contribution in [1.29, 1.82) is 0 Å². The second-order valence-electron chi connectivity index (χ2n) is 3.54. The van der Waals surface area contributed by atoms with Crippen LogP contribution in [-0.2, 0) is 10.0 Å². The molecule has 6 nitrogen and oxygen atoms in total. The molecule has 1 aromatic carbocycles. The number of carbonyl (C=O) groups is 1. The summed E-state index contributed by atoms with van der Waals surface area (Å²) >= 11 is 0. The van der Waals surface area contributed by atoms with E-state index in [4.69, 9.17) is 5.73 Å². The fourth-order valence-electron chi connectivity index (χ4n) is 1.15. The number of rotatable bonds is 5. The van der Waals surface area contributed by atoms with E-state index in [0.29, 0.717) is 11.3 Å². The number of nitrogens with one attached hydrogen (secondary N) is 2. The molecule has 0 aliphatic rings. The number of amides is 1. The van der Waals surface area contributed by atoms with Crippen LogP contribution in [0.4, 0.5) is 5.69 Å². The molecule has 1 rings (SSSR count). The molecule has 0 spiro atoms. The summed E-state index contributed by atoms with van der Waals surface area (Å²) in [7, 11) is -3.21. The molecule has 0 unspecified atom stereocenters. The lowest BCUT2D eigenvalue weighted by Gasteiger charge is -2.05. The Labute approximate surface area is 100 Å². The van der Waals surface area contributed by atoms with Crippen molar-refractivity contribution in [2.75, 3.05) is 25.1 Å². The van der Waals surface area contributed by atoms with Crippen molar-refractivity contribution in [3.63, 3.8) is 0 Å². The molecule has 0 saturated carbocycles. The Balaban J connectivity index is 2.38. The monoisotopic (exact) mass is 257 g/mol. The van der Waals surface area contributed by atoms with Crippen LogP contribution >= 0.6 is 0 Å². The standard InChI is InChI=1S/C10H15N3O3S/c1-17(15,16)13-7-6-12-10(14)8-2-4-9(11)5-3-8/h2-5,13H,6-7,11H2,1H3,(H,12,14). The molecule has 0 aromatic heterocycles. The van der Waals surface area contributed by atoms with Gasteiger partial charge in [-0.1, -0.05) is 0 Å². The van der Waals surface area contributed by atoms with Crippen molar-refractivity contribution in [3.05, 3.63) is 29.8 Å². The zero-order valence-electron chi connectivity index (χ0n) is 9.43. The lowest BCUT2D eigenvalue weighted by molar-refractivity contribution is 0.0954. The van der Waals surface area contributed by atoms with Crippen molar-refractivity contribution < 1.29 is 13.2 Å². The van der Waals surface area contributed by atoms with Crippen LogP contribution in [-0.4, -0.2) is 33.7 Å². The third-order valence-electron chi connectivity index (χ3n) is 1.95. The average Bonchev–Trinajstić information content (AvgIpc) is 2.24. The van der Waals surface area contributed by atoms with Gasteiger partial charge >= 0.3 is 0 Å². The Morgan fingerprint density at radius 3 is 2.35 bits per heavy atom. The maximum Gasteiger partial charge on any atom is 0.251 e. The number of benzene rings is 1. The zero-order chi connectivity index (χ0) is 12.9. The Kier molecular flexibility index (Phi) is 4.47. The highest BCUT2D eigenvalue weighted by Gasteiger charge is 2.04. The SMILES string of the molecule is CS(=O)(=O)NCCNC(=O)c1ccc(N)cc1. The number of carbonyl (C=O) groups excluding carboxylic acids is 1. The summed E-state index contributed by atoms with van der Waals surface area (Å²) in [6.07, 6.45) is 1.06. The third kappa shape index (κ3) is 5.32. The van der Waals surface area contributed by atoms with Gasteiger partial charge < -0.3 is 11.1 Å². The lowest BCUT2D eigenvalue weighted by Crippen LogP contribution is -2.34. The van der Waals surface area contributed by atoms with Crippen molar-refractivity contribution in [2.24, 2.45) is 0 Å². The first-order chi connectivity index (χ1) is 7.88. The highest BCUT2D eigenvalue weighted by atomic mass is 32.2. The molecule has 7 heteroatoms.